The molecule has 0 aromatic rings. The average Bonchev–Trinajstić information content (AvgIpc) is 3.14. The van der Waals surface area contributed by atoms with Crippen LogP contribution in [0.3, 0.4) is 0 Å². The number of hydrogen-bond donors (Lipinski definition) is 1. The Morgan fingerprint density at radius 1 is 1.13 bits per heavy atom. The number of phosphoric ester groups is 1. The number of hydrogen-bond acceptors (Lipinski definition) is 9. The Balaban J connectivity index is 2.11. The Labute approximate surface area is 185 Å². The molecule has 2 aliphatic rings. The largest absolute Gasteiger partial charge is 0.472 e. The smallest absolute Gasteiger partial charge is 0.380 e. The standard InChI is InChI=1S/C18H27B2N2O8P/c1-10(2)25-6-14-16(18(8-21,9-22)17(20)29-14)30-31(23,24)26-7-13-12(27-11(3)4)5-15(19)28-13/h10-17H,5-7H2,1-4H3,(H,23,24)/t12-,13-,14-,15-,16+,17-/m1/s1. The predicted octanol–water partition coefficient (Wildman–Crippen LogP) is 0.918. The summed E-state index contributed by atoms with van der Waals surface area (Å²) in [5, 5.41) is 19.2. The molecule has 168 valence electrons. The van der Waals surface area contributed by atoms with E-state index in [0.29, 0.717) is 6.42 Å². The van der Waals surface area contributed by atoms with Gasteiger partial charge in [0.25, 0.3) is 0 Å². The van der Waals surface area contributed by atoms with Crippen molar-refractivity contribution in [3.05, 3.63) is 0 Å². The first-order chi connectivity index (χ1) is 14.4. The van der Waals surface area contributed by atoms with Crippen molar-refractivity contribution in [2.75, 3.05) is 13.2 Å². The van der Waals surface area contributed by atoms with Gasteiger partial charge in [0.15, 0.2) is 5.41 Å². The van der Waals surface area contributed by atoms with Crippen LogP contribution in [-0.4, -0.2) is 82.4 Å². The first kappa shape index (κ1) is 26.3. The third-order valence-corrected chi connectivity index (χ3v) is 5.81. The molecule has 1 unspecified atom stereocenters. The van der Waals surface area contributed by atoms with E-state index in [1.165, 1.54) is 0 Å². The van der Waals surface area contributed by atoms with Crippen molar-refractivity contribution < 1.29 is 37.5 Å². The van der Waals surface area contributed by atoms with E-state index in [4.69, 9.17) is 43.7 Å². The lowest BCUT2D eigenvalue weighted by Crippen LogP contribution is -2.42. The maximum atomic E-state index is 12.7. The van der Waals surface area contributed by atoms with Crippen LogP contribution in [0.4, 0.5) is 0 Å². The molecule has 0 bridgehead atoms. The lowest BCUT2D eigenvalue weighted by Gasteiger charge is -2.28. The van der Waals surface area contributed by atoms with Gasteiger partial charge in [0.2, 0.25) is 0 Å². The summed E-state index contributed by atoms with van der Waals surface area (Å²) in [5.74, 6) is 0. The predicted molar refractivity (Wildman–Crippen MR) is 109 cm³/mol. The van der Waals surface area contributed by atoms with Gasteiger partial charge in [-0.15, -0.1) is 0 Å². The van der Waals surface area contributed by atoms with Gasteiger partial charge >= 0.3 is 7.82 Å². The topological polar surface area (TPSA) is 140 Å². The van der Waals surface area contributed by atoms with Crippen molar-refractivity contribution in [2.45, 2.75) is 82.7 Å². The average molecular weight is 452 g/mol. The molecule has 13 heteroatoms. The molecular weight excluding hydrogens is 425 g/mol. The van der Waals surface area contributed by atoms with Crippen molar-refractivity contribution in [3.8, 4) is 12.1 Å². The van der Waals surface area contributed by atoms with Crippen LogP contribution >= 0.6 is 7.82 Å². The maximum Gasteiger partial charge on any atom is 0.472 e. The lowest BCUT2D eigenvalue weighted by atomic mass is 9.72. The van der Waals surface area contributed by atoms with Crippen LogP contribution in [0.2, 0.25) is 0 Å². The molecule has 0 spiro atoms. The Hall–Kier alpha value is -0.940. The molecule has 2 heterocycles. The molecule has 2 fully saturated rings. The van der Waals surface area contributed by atoms with Crippen molar-refractivity contribution in [1.29, 1.82) is 10.5 Å². The summed E-state index contributed by atoms with van der Waals surface area (Å²) in [6.45, 7) is 6.77. The van der Waals surface area contributed by atoms with Crippen LogP contribution in [0.15, 0.2) is 0 Å². The molecule has 0 aromatic heterocycles. The SMILES string of the molecule is [B][C@@H]1O[C@H](COC(C)C)[C@H](OP(=O)(O)OC[C@H]2O[C@@H]([B])C[C@H]2OC(C)C)C1(C#N)C#N. The summed E-state index contributed by atoms with van der Waals surface area (Å²) < 4.78 is 45.1. The molecule has 7 atom stereocenters. The zero-order chi connectivity index (χ0) is 23.4. The highest BCUT2D eigenvalue weighted by Gasteiger charge is 2.59. The fourth-order valence-electron chi connectivity index (χ4n) is 3.40. The minimum absolute atomic E-state index is 0.105. The zero-order valence-corrected chi connectivity index (χ0v) is 18.9. The van der Waals surface area contributed by atoms with Gasteiger partial charge in [-0.2, -0.15) is 10.5 Å². The molecular formula is C18H27B2N2O8P. The van der Waals surface area contributed by atoms with Gasteiger partial charge in [0.05, 0.1) is 49.7 Å². The first-order valence-corrected chi connectivity index (χ1v) is 11.5. The Morgan fingerprint density at radius 2 is 1.77 bits per heavy atom. The summed E-state index contributed by atoms with van der Waals surface area (Å²) in [6, 6.07) is 1.55. The number of phosphoric acid groups is 1. The molecule has 4 radical (unpaired) electrons. The van der Waals surface area contributed by atoms with Gasteiger partial charge in [-0.25, -0.2) is 4.57 Å². The van der Waals surface area contributed by atoms with Crippen LogP contribution in [0.25, 0.3) is 0 Å². The van der Waals surface area contributed by atoms with Crippen molar-refractivity contribution in [2.24, 2.45) is 5.41 Å². The molecule has 2 aliphatic heterocycles. The van der Waals surface area contributed by atoms with Crippen LogP contribution in [0, 0.1) is 28.1 Å². The minimum atomic E-state index is -4.76. The maximum absolute atomic E-state index is 12.7. The Bertz CT molecular complexity index is 729. The van der Waals surface area contributed by atoms with Crippen LogP contribution in [-0.2, 0) is 32.6 Å². The fraction of sp³-hybridized carbons (Fsp3) is 0.889. The molecule has 0 amide bonds. The molecule has 31 heavy (non-hydrogen) atoms. The fourth-order valence-corrected chi connectivity index (χ4v) is 4.38. The van der Waals surface area contributed by atoms with Crippen LogP contribution in [0.5, 0.6) is 0 Å². The third kappa shape index (κ3) is 6.54. The number of rotatable bonds is 10. The molecule has 0 saturated carbocycles. The zero-order valence-electron chi connectivity index (χ0n) is 18.0. The Morgan fingerprint density at radius 3 is 2.32 bits per heavy atom. The quantitative estimate of drug-likeness (QED) is 0.376. The van der Waals surface area contributed by atoms with E-state index < -0.39 is 49.7 Å². The van der Waals surface area contributed by atoms with Crippen molar-refractivity contribution in [3.63, 3.8) is 0 Å². The van der Waals surface area contributed by atoms with Gasteiger partial charge in [0, 0.05) is 6.00 Å². The number of nitrogens with zero attached hydrogens (tertiary/aromatic N) is 2. The van der Waals surface area contributed by atoms with Crippen LogP contribution in [0.1, 0.15) is 34.1 Å². The second-order valence-electron chi connectivity index (χ2n) is 8.03. The summed E-state index contributed by atoms with van der Waals surface area (Å²) >= 11 is 0. The van der Waals surface area contributed by atoms with E-state index in [9.17, 15) is 20.0 Å². The van der Waals surface area contributed by atoms with Crippen molar-refractivity contribution >= 4 is 23.5 Å². The Kier molecular flexibility index (Phi) is 9.15. The second kappa shape index (κ2) is 10.8. The third-order valence-electron chi connectivity index (χ3n) is 4.85. The van der Waals surface area contributed by atoms with Crippen LogP contribution < -0.4 is 0 Å². The van der Waals surface area contributed by atoms with Gasteiger partial charge in [-0.3, -0.25) is 9.05 Å². The van der Waals surface area contributed by atoms with E-state index in [1.807, 2.05) is 13.8 Å². The monoisotopic (exact) mass is 452 g/mol. The second-order valence-corrected chi connectivity index (χ2v) is 9.44. The first-order valence-electron chi connectivity index (χ1n) is 10.0. The van der Waals surface area contributed by atoms with Crippen molar-refractivity contribution in [1.82, 2.24) is 0 Å². The summed E-state index contributed by atoms with van der Waals surface area (Å²) in [5.41, 5.74) is -2.03. The molecule has 2 saturated heterocycles. The normalized spacial score (nSPS) is 34.5. The highest BCUT2D eigenvalue weighted by Crippen LogP contribution is 2.52. The summed E-state index contributed by atoms with van der Waals surface area (Å²) in [4.78, 5) is 10.3. The van der Waals surface area contributed by atoms with E-state index in [2.05, 4.69) is 0 Å². The number of nitriles is 2. The highest BCUT2D eigenvalue weighted by atomic mass is 31.2. The lowest BCUT2D eigenvalue weighted by molar-refractivity contribution is -0.0659. The molecule has 0 aromatic carbocycles. The van der Waals surface area contributed by atoms with E-state index >= 15 is 0 Å². The van der Waals surface area contributed by atoms with Gasteiger partial charge in [-0.1, -0.05) is 0 Å². The van der Waals surface area contributed by atoms with E-state index in [1.54, 1.807) is 26.0 Å². The van der Waals surface area contributed by atoms with E-state index in [-0.39, 0.29) is 25.4 Å². The molecule has 0 aliphatic carbocycles. The van der Waals surface area contributed by atoms with Gasteiger partial charge in [-0.05, 0) is 34.1 Å². The van der Waals surface area contributed by atoms with E-state index in [0.717, 1.165) is 0 Å². The van der Waals surface area contributed by atoms with Gasteiger partial charge < -0.3 is 23.8 Å². The molecule has 10 nitrogen and oxygen atoms in total. The van der Waals surface area contributed by atoms with Gasteiger partial charge in [0.1, 0.15) is 34.0 Å². The molecule has 2 rings (SSSR count). The highest BCUT2D eigenvalue weighted by molar-refractivity contribution is 7.47. The number of ether oxygens (including phenoxy) is 4. The molecule has 1 N–H and O–H groups in total. The summed E-state index contributed by atoms with van der Waals surface area (Å²) in [6.07, 6.45) is -3.55. The minimum Gasteiger partial charge on any atom is -0.380 e. The summed E-state index contributed by atoms with van der Waals surface area (Å²) in [7, 11) is 6.86.